The van der Waals surface area contributed by atoms with Crippen LogP contribution in [0.4, 0.5) is 4.79 Å². The van der Waals surface area contributed by atoms with Gasteiger partial charge in [0.15, 0.2) is 0 Å². The molecule has 0 bridgehead atoms. The number of hydrogen-bond donors (Lipinski definition) is 0. The van der Waals surface area contributed by atoms with Crippen LogP contribution in [0.2, 0.25) is 0 Å². The van der Waals surface area contributed by atoms with Gasteiger partial charge in [-0.2, -0.15) is 17.0 Å². The summed E-state index contributed by atoms with van der Waals surface area (Å²) in [6.45, 7) is 4.17. The second kappa shape index (κ2) is 9.63. The summed E-state index contributed by atoms with van der Waals surface area (Å²) < 4.78 is 38.9. The third-order valence-electron chi connectivity index (χ3n) is 5.26. The van der Waals surface area contributed by atoms with Crippen molar-refractivity contribution in [3.63, 3.8) is 0 Å². The van der Waals surface area contributed by atoms with Crippen molar-refractivity contribution >= 4 is 22.2 Å². The van der Waals surface area contributed by atoms with Gasteiger partial charge in [-0.05, 0) is 25.1 Å². The van der Waals surface area contributed by atoms with Crippen LogP contribution in [-0.2, 0) is 14.9 Å². The Morgan fingerprint density at radius 2 is 1.50 bits per heavy atom. The Morgan fingerprint density at radius 1 is 0.933 bits per heavy atom. The number of nitrogens with zero attached hydrogens (tertiary/aromatic N) is 4. The minimum Gasteiger partial charge on any atom is -0.497 e. The van der Waals surface area contributed by atoms with Gasteiger partial charge in [0, 0.05) is 57.9 Å². The average Bonchev–Trinajstić information content (AvgIpc) is 2.79. The third kappa shape index (κ3) is 4.85. The Balaban J connectivity index is 1.55. The Bertz CT molecular complexity index is 862. The molecule has 2 aliphatic rings. The number of benzene rings is 1. The van der Waals surface area contributed by atoms with E-state index in [1.165, 1.54) is 13.5 Å². The molecular weight excluding hydrogens is 412 g/mol. The molecule has 0 aromatic heterocycles. The lowest BCUT2D eigenvalue weighted by atomic mass is 10.1. The van der Waals surface area contributed by atoms with E-state index in [0.29, 0.717) is 37.5 Å². The van der Waals surface area contributed by atoms with E-state index in [1.54, 1.807) is 43.2 Å². The van der Waals surface area contributed by atoms with Gasteiger partial charge in [-0.25, -0.2) is 4.79 Å². The van der Waals surface area contributed by atoms with Crippen molar-refractivity contribution < 1.29 is 27.5 Å². The average molecular weight is 441 g/mol. The van der Waals surface area contributed by atoms with Gasteiger partial charge < -0.3 is 19.3 Å². The number of ether oxygens (including phenoxy) is 2. The van der Waals surface area contributed by atoms with Crippen LogP contribution in [0.25, 0.3) is 0 Å². The van der Waals surface area contributed by atoms with E-state index >= 15 is 0 Å². The van der Waals surface area contributed by atoms with Crippen LogP contribution in [0.5, 0.6) is 5.75 Å². The second-order valence-corrected chi connectivity index (χ2v) is 8.94. The van der Waals surface area contributed by atoms with Gasteiger partial charge in [0.2, 0.25) is 0 Å². The Hall–Kier alpha value is -2.37. The number of carbonyl (C=O) groups excluding carboxylic acids is 2. The Labute approximate surface area is 177 Å². The number of methoxy groups -OCH3 is 1. The number of carbonyl (C=O) groups is 2. The highest BCUT2D eigenvalue weighted by atomic mass is 32.2. The lowest BCUT2D eigenvalue weighted by Crippen LogP contribution is -2.58. The monoisotopic (exact) mass is 440 g/mol. The largest absolute Gasteiger partial charge is 0.497 e. The first kappa shape index (κ1) is 22.3. The number of piperazine rings is 2. The topological polar surface area (TPSA) is 99.7 Å². The minimum absolute atomic E-state index is 0.144. The third-order valence-corrected chi connectivity index (χ3v) is 7.30. The normalized spacial score (nSPS) is 18.9. The van der Waals surface area contributed by atoms with E-state index in [-0.39, 0.29) is 38.7 Å². The van der Waals surface area contributed by atoms with Crippen LogP contribution in [0, 0.1) is 0 Å². The highest BCUT2D eigenvalue weighted by Gasteiger charge is 2.36. The molecule has 11 heteroatoms. The molecule has 2 aliphatic heterocycles. The molecule has 0 aliphatic carbocycles. The maximum Gasteiger partial charge on any atom is 0.409 e. The van der Waals surface area contributed by atoms with Crippen LogP contribution in [0.1, 0.15) is 17.3 Å². The zero-order valence-corrected chi connectivity index (χ0v) is 18.1. The first-order chi connectivity index (χ1) is 14.4. The van der Waals surface area contributed by atoms with E-state index in [2.05, 4.69) is 0 Å². The summed E-state index contributed by atoms with van der Waals surface area (Å²) in [5.74, 6) is 0.457. The van der Waals surface area contributed by atoms with Crippen molar-refractivity contribution in [1.29, 1.82) is 0 Å². The van der Waals surface area contributed by atoms with E-state index in [9.17, 15) is 18.0 Å². The molecule has 1 aromatic carbocycles. The van der Waals surface area contributed by atoms with Crippen LogP contribution in [-0.4, -0.2) is 105 Å². The minimum atomic E-state index is -3.64. The summed E-state index contributed by atoms with van der Waals surface area (Å²) in [7, 11) is -2.10. The molecule has 0 atom stereocenters. The van der Waals surface area contributed by atoms with Gasteiger partial charge in [-0.15, -0.1) is 0 Å². The van der Waals surface area contributed by atoms with Gasteiger partial charge in [-0.1, -0.05) is 6.07 Å². The van der Waals surface area contributed by atoms with Crippen molar-refractivity contribution in [2.45, 2.75) is 6.92 Å². The standard InChI is InChI=1S/C19H28N4O6S/c1-3-29-19(25)21-9-13-23(14-10-21)30(26,27)22-11-7-20(8-12-22)18(24)16-5-4-6-17(15-16)28-2/h4-6,15H,3,7-14H2,1-2H3. The van der Waals surface area contributed by atoms with Gasteiger partial charge in [0.25, 0.3) is 16.1 Å². The number of amides is 2. The number of rotatable bonds is 5. The summed E-state index contributed by atoms with van der Waals surface area (Å²) in [4.78, 5) is 27.7. The van der Waals surface area contributed by atoms with Gasteiger partial charge in [0.05, 0.1) is 13.7 Å². The molecule has 30 heavy (non-hydrogen) atoms. The predicted molar refractivity (Wildman–Crippen MR) is 110 cm³/mol. The lowest BCUT2D eigenvalue weighted by Gasteiger charge is -2.39. The quantitative estimate of drug-likeness (QED) is 0.660. The molecule has 2 amide bonds. The molecule has 0 spiro atoms. The molecule has 2 fully saturated rings. The molecule has 2 saturated heterocycles. The molecule has 166 valence electrons. The van der Waals surface area contributed by atoms with E-state index < -0.39 is 16.3 Å². The molecule has 0 radical (unpaired) electrons. The lowest BCUT2D eigenvalue weighted by molar-refractivity contribution is 0.0690. The first-order valence-corrected chi connectivity index (χ1v) is 11.4. The van der Waals surface area contributed by atoms with Crippen molar-refractivity contribution in [3.05, 3.63) is 29.8 Å². The van der Waals surface area contributed by atoms with Crippen molar-refractivity contribution in [2.24, 2.45) is 0 Å². The first-order valence-electron chi connectivity index (χ1n) is 9.97. The highest BCUT2D eigenvalue weighted by molar-refractivity contribution is 7.86. The van der Waals surface area contributed by atoms with Crippen LogP contribution in [0.3, 0.4) is 0 Å². The van der Waals surface area contributed by atoms with Crippen LogP contribution < -0.4 is 4.74 Å². The molecule has 2 heterocycles. The Kier molecular flexibility index (Phi) is 7.16. The number of hydrogen-bond acceptors (Lipinski definition) is 6. The van der Waals surface area contributed by atoms with Crippen molar-refractivity contribution in [3.8, 4) is 5.75 Å². The predicted octanol–water partition coefficient (Wildman–Crippen LogP) is 0.472. The Morgan fingerprint density at radius 3 is 2.03 bits per heavy atom. The summed E-state index contributed by atoms with van der Waals surface area (Å²) in [5, 5.41) is 0. The molecule has 3 rings (SSSR count). The maximum atomic E-state index is 13.0. The maximum absolute atomic E-state index is 13.0. The fourth-order valence-corrected chi connectivity index (χ4v) is 5.12. The smallest absolute Gasteiger partial charge is 0.409 e. The summed E-state index contributed by atoms with van der Waals surface area (Å²) in [6, 6.07) is 6.91. The molecule has 1 aromatic rings. The molecule has 0 N–H and O–H groups in total. The molecular formula is C19H28N4O6S. The molecule has 10 nitrogen and oxygen atoms in total. The fraction of sp³-hybridized carbons (Fsp3) is 0.579. The zero-order valence-electron chi connectivity index (χ0n) is 17.3. The second-order valence-electron chi connectivity index (χ2n) is 7.02. The summed E-state index contributed by atoms with van der Waals surface area (Å²) in [5.41, 5.74) is 0.515. The SMILES string of the molecule is CCOC(=O)N1CCN(S(=O)(=O)N2CCN(C(=O)c3cccc(OC)c3)CC2)CC1. The highest BCUT2D eigenvalue weighted by Crippen LogP contribution is 2.18. The molecule has 0 unspecified atom stereocenters. The fourth-order valence-electron chi connectivity index (χ4n) is 3.54. The van der Waals surface area contributed by atoms with Gasteiger partial charge in [0.1, 0.15) is 5.75 Å². The van der Waals surface area contributed by atoms with Gasteiger partial charge in [-0.3, -0.25) is 4.79 Å². The van der Waals surface area contributed by atoms with Crippen molar-refractivity contribution in [2.75, 3.05) is 66.1 Å². The van der Waals surface area contributed by atoms with Gasteiger partial charge >= 0.3 is 6.09 Å². The van der Waals surface area contributed by atoms with Crippen molar-refractivity contribution in [1.82, 2.24) is 18.4 Å². The molecule has 0 saturated carbocycles. The van der Waals surface area contributed by atoms with E-state index in [0.717, 1.165) is 0 Å². The summed E-state index contributed by atoms with van der Waals surface area (Å²) in [6.07, 6.45) is -0.417. The zero-order chi connectivity index (χ0) is 21.7. The summed E-state index contributed by atoms with van der Waals surface area (Å²) >= 11 is 0. The van der Waals surface area contributed by atoms with E-state index in [1.807, 2.05) is 0 Å². The van der Waals surface area contributed by atoms with Crippen LogP contribution >= 0.6 is 0 Å². The van der Waals surface area contributed by atoms with Crippen LogP contribution in [0.15, 0.2) is 24.3 Å². The van der Waals surface area contributed by atoms with E-state index in [4.69, 9.17) is 9.47 Å².